The third-order valence-corrected chi connectivity index (χ3v) is 2.70. The summed E-state index contributed by atoms with van der Waals surface area (Å²) in [4.78, 5) is 3.87. The first-order valence-electron chi connectivity index (χ1n) is 5.47. The van der Waals surface area contributed by atoms with Crippen LogP contribution in [0.15, 0.2) is 42.6 Å². The van der Waals surface area contributed by atoms with Crippen LogP contribution in [0.3, 0.4) is 0 Å². The van der Waals surface area contributed by atoms with Gasteiger partial charge in [0.25, 0.3) is 0 Å². The molecule has 1 aromatic carbocycles. The average molecular weight is 287 g/mol. The number of hydrogen-bond acceptors (Lipinski definition) is 2. The predicted molar refractivity (Wildman–Crippen MR) is 68.0 cm³/mol. The van der Waals surface area contributed by atoms with Gasteiger partial charge in [-0.05, 0) is 29.8 Å². The summed E-state index contributed by atoms with van der Waals surface area (Å²) in [6, 6.07) is 8.51. The van der Waals surface area contributed by atoms with E-state index in [-0.39, 0.29) is 6.54 Å². The summed E-state index contributed by atoms with van der Waals surface area (Å²) in [5.41, 5.74) is 0.590. The number of nitrogens with one attached hydrogen (secondary N) is 1. The zero-order valence-electron chi connectivity index (χ0n) is 9.71. The van der Waals surface area contributed by atoms with Crippen LogP contribution in [0.2, 0.25) is 5.15 Å². The summed E-state index contributed by atoms with van der Waals surface area (Å²) in [5.74, 6) is 0. The number of halogens is 4. The van der Waals surface area contributed by atoms with Crippen molar-refractivity contribution in [2.45, 2.75) is 12.7 Å². The third kappa shape index (κ3) is 3.86. The molecule has 1 heterocycles. The third-order valence-electron chi connectivity index (χ3n) is 2.48. The van der Waals surface area contributed by atoms with E-state index in [0.717, 1.165) is 12.1 Å². The Bertz CT molecular complexity index is 553. The van der Waals surface area contributed by atoms with Crippen LogP contribution in [0.4, 0.5) is 18.9 Å². The SMILES string of the molecule is FC(F)(F)c1cccc(CNc2ccc(Cl)nc2)c1. The van der Waals surface area contributed by atoms with Crippen molar-refractivity contribution in [2.24, 2.45) is 0 Å². The molecule has 0 aliphatic carbocycles. The zero-order valence-corrected chi connectivity index (χ0v) is 10.5. The van der Waals surface area contributed by atoms with Crippen molar-refractivity contribution in [3.05, 3.63) is 58.9 Å². The van der Waals surface area contributed by atoms with Gasteiger partial charge in [0.15, 0.2) is 0 Å². The lowest BCUT2D eigenvalue weighted by Crippen LogP contribution is -2.06. The lowest BCUT2D eigenvalue weighted by atomic mass is 10.1. The number of hydrogen-bond donors (Lipinski definition) is 1. The molecule has 0 saturated heterocycles. The Kier molecular flexibility index (Phi) is 3.95. The second kappa shape index (κ2) is 5.48. The van der Waals surface area contributed by atoms with Crippen LogP contribution >= 0.6 is 11.6 Å². The van der Waals surface area contributed by atoms with E-state index in [2.05, 4.69) is 10.3 Å². The van der Waals surface area contributed by atoms with Crippen LogP contribution in [-0.2, 0) is 12.7 Å². The van der Waals surface area contributed by atoms with Gasteiger partial charge in [0.2, 0.25) is 0 Å². The molecular weight excluding hydrogens is 277 g/mol. The number of benzene rings is 1. The summed E-state index contributed by atoms with van der Waals surface area (Å²) in [5, 5.41) is 3.34. The maximum Gasteiger partial charge on any atom is 0.416 e. The monoisotopic (exact) mass is 286 g/mol. The maximum absolute atomic E-state index is 12.5. The van der Waals surface area contributed by atoms with Crippen molar-refractivity contribution in [3.8, 4) is 0 Å². The number of anilines is 1. The molecule has 0 aliphatic heterocycles. The van der Waals surface area contributed by atoms with E-state index in [9.17, 15) is 13.2 Å². The first-order chi connectivity index (χ1) is 8.95. The van der Waals surface area contributed by atoms with Crippen molar-refractivity contribution in [3.63, 3.8) is 0 Å². The van der Waals surface area contributed by atoms with Gasteiger partial charge in [0.05, 0.1) is 17.4 Å². The Morgan fingerprint density at radius 3 is 2.58 bits per heavy atom. The zero-order chi connectivity index (χ0) is 13.9. The number of nitrogens with zero attached hydrogens (tertiary/aromatic N) is 1. The molecule has 2 nitrogen and oxygen atoms in total. The Balaban J connectivity index is 2.05. The second-order valence-electron chi connectivity index (χ2n) is 3.92. The topological polar surface area (TPSA) is 24.9 Å². The molecule has 1 aromatic heterocycles. The van der Waals surface area contributed by atoms with Gasteiger partial charge in [-0.3, -0.25) is 0 Å². The molecule has 0 atom stereocenters. The van der Waals surface area contributed by atoms with Crippen LogP contribution in [-0.4, -0.2) is 4.98 Å². The van der Waals surface area contributed by atoms with Gasteiger partial charge < -0.3 is 5.32 Å². The van der Waals surface area contributed by atoms with Gasteiger partial charge in [-0.2, -0.15) is 13.2 Å². The lowest BCUT2D eigenvalue weighted by molar-refractivity contribution is -0.137. The summed E-state index contributed by atoms with van der Waals surface area (Å²) in [6.45, 7) is 0.285. The number of rotatable bonds is 3. The van der Waals surface area contributed by atoms with Crippen LogP contribution in [0, 0.1) is 0 Å². The molecule has 6 heteroatoms. The molecule has 0 spiro atoms. The standard InChI is InChI=1S/C13H10ClF3N2/c14-12-5-4-11(8-19-12)18-7-9-2-1-3-10(6-9)13(15,16)17/h1-6,8,18H,7H2. The van der Waals surface area contributed by atoms with Crippen LogP contribution in [0.1, 0.15) is 11.1 Å². The van der Waals surface area contributed by atoms with Crippen molar-refractivity contribution in [2.75, 3.05) is 5.32 Å². The molecule has 2 aromatic rings. The highest BCUT2D eigenvalue weighted by Crippen LogP contribution is 2.29. The van der Waals surface area contributed by atoms with E-state index < -0.39 is 11.7 Å². The first kappa shape index (κ1) is 13.7. The van der Waals surface area contributed by atoms with Gasteiger partial charge in [-0.15, -0.1) is 0 Å². The summed E-state index contributed by atoms with van der Waals surface area (Å²) in [7, 11) is 0. The molecule has 100 valence electrons. The van der Waals surface area contributed by atoms with Gasteiger partial charge in [0.1, 0.15) is 5.15 Å². The minimum Gasteiger partial charge on any atom is -0.380 e. The van der Waals surface area contributed by atoms with Gasteiger partial charge in [-0.1, -0.05) is 23.7 Å². The summed E-state index contributed by atoms with van der Waals surface area (Å²) in [6.07, 6.45) is -2.80. The first-order valence-corrected chi connectivity index (χ1v) is 5.84. The maximum atomic E-state index is 12.5. The van der Waals surface area contributed by atoms with E-state index >= 15 is 0 Å². The lowest BCUT2D eigenvalue weighted by Gasteiger charge is -2.10. The van der Waals surface area contributed by atoms with Crippen LogP contribution < -0.4 is 5.32 Å². The molecule has 0 aliphatic rings. The fourth-order valence-corrected chi connectivity index (χ4v) is 1.65. The smallest absolute Gasteiger partial charge is 0.380 e. The second-order valence-corrected chi connectivity index (χ2v) is 4.31. The number of aromatic nitrogens is 1. The summed E-state index contributed by atoms with van der Waals surface area (Å²) >= 11 is 5.64. The minimum atomic E-state index is -4.32. The highest BCUT2D eigenvalue weighted by atomic mass is 35.5. The Labute approximate surface area is 113 Å². The fraction of sp³-hybridized carbons (Fsp3) is 0.154. The minimum absolute atomic E-state index is 0.285. The molecule has 0 saturated carbocycles. The molecular formula is C13H10ClF3N2. The van der Waals surface area contributed by atoms with Crippen molar-refractivity contribution >= 4 is 17.3 Å². The Morgan fingerprint density at radius 1 is 1.16 bits per heavy atom. The quantitative estimate of drug-likeness (QED) is 0.848. The van der Waals surface area contributed by atoms with E-state index in [1.54, 1.807) is 18.2 Å². The van der Waals surface area contributed by atoms with Crippen molar-refractivity contribution < 1.29 is 13.2 Å². The Morgan fingerprint density at radius 2 is 1.95 bits per heavy atom. The van der Waals surface area contributed by atoms with Gasteiger partial charge in [-0.25, -0.2) is 4.98 Å². The molecule has 19 heavy (non-hydrogen) atoms. The molecule has 2 rings (SSSR count). The molecule has 1 N–H and O–H groups in total. The van der Waals surface area contributed by atoms with E-state index in [0.29, 0.717) is 16.4 Å². The van der Waals surface area contributed by atoms with Crippen molar-refractivity contribution in [1.82, 2.24) is 4.98 Å². The van der Waals surface area contributed by atoms with Crippen LogP contribution in [0.5, 0.6) is 0 Å². The van der Waals surface area contributed by atoms with Gasteiger partial charge >= 0.3 is 6.18 Å². The summed E-state index contributed by atoms with van der Waals surface area (Å²) < 4.78 is 37.6. The normalized spacial score (nSPS) is 11.4. The van der Waals surface area contributed by atoms with Gasteiger partial charge in [0, 0.05) is 6.54 Å². The molecule has 0 radical (unpaired) electrons. The number of pyridine rings is 1. The highest BCUT2D eigenvalue weighted by Gasteiger charge is 2.30. The van der Waals surface area contributed by atoms with Crippen molar-refractivity contribution in [1.29, 1.82) is 0 Å². The van der Waals surface area contributed by atoms with E-state index in [4.69, 9.17) is 11.6 Å². The van der Waals surface area contributed by atoms with Crippen LogP contribution in [0.25, 0.3) is 0 Å². The highest BCUT2D eigenvalue weighted by molar-refractivity contribution is 6.29. The predicted octanol–water partition coefficient (Wildman–Crippen LogP) is 4.37. The average Bonchev–Trinajstić information content (AvgIpc) is 2.37. The number of alkyl halides is 3. The van der Waals surface area contributed by atoms with E-state index in [1.807, 2.05) is 0 Å². The Hall–Kier alpha value is -1.75. The largest absolute Gasteiger partial charge is 0.416 e. The fourth-order valence-electron chi connectivity index (χ4n) is 1.54. The molecule has 0 unspecified atom stereocenters. The molecule has 0 bridgehead atoms. The van der Waals surface area contributed by atoms with E-state index in [1.165, 1.54) is 12.3 Å². The molecule has 0 amide bonds. The molecule has 0 fully saturated rings.